The lowest BCUT2D eigenvalue weighted by Crippen LogP contribution is -2.18. The van der Waals surface area contributed by atoms with Crippen molar-refractivity contribution in [2.45, 2.75) is 50.7 Å². The quantitative estimate of drug-likeness (QED) is 0.394. The van der Waals surface area contributed by atoms with Crippen LogP contribution in [0.1, 0.15) is 44.1 Å². The number of aryl methyl sites for hydroxylation is 1. The summed E-state index contributed by atoms with van der Waals surface area (Å²) in [5, 5.41) is 7.86. The monoisotopic (exact) mass is 483 g/mol. The van der Waals surface area contributed by atoms with Crippen molar-refractivity contribution in [3.8, 4) is 16.9 Å². The molecule has 0 bridgehead atoms. The van der Waals surface area contributed by atoms with E-state index in [2.05, 4.69) is 25.4 Å². The number of nitrogens with two attached hydrogens (primary N) is 1. The highest BCUT2D eigenvalue weighted by atomic mass is 31.0. The van der Waals surface area contributed by atoms with Gasteiger partial charge in [0.2, 0.25) is 5.82 Å². The van der Waals surface area contributed by atoms with E-state index in [1.807, 2.05) is 6.92 Å². The number of nitrogens with zero attached hydrogens (tertiary/aromatic N) is 7. The Labute approximate surface area is 196 Å². The van der Waals surface area contributed by atoms with E-state index in [1.165, 1.54) is 39.0 Å². The predicted molar refractivity (Wildman–Crippen MR) is 129 cm³/mol. The minimum atomic E-state index is -3.24. The number of fused-ring (bicyclic) bond motifs is 1. The molecule has 0 saturated heterocycles. The molecule has 0 aromatic carbocycles. The minimum absolute atomic E-state index is 0.217. The summed E-state index contributed by atoms with van der Waals surface area (Å²) in [5.41, 5.74) is 6.24. The van der Waals surface area contributed by atoms with Crippen molar-refractivity contribution in [1.82, 2.24) is 34.7 Å². The van der Waals surface area contributed by atoms with Gasteiger partial charge < -0.3 is 11.1 Å². The van der Waals surface area contributed by atoms with E-state index in [1.54, 1.807) is 18.6 Å². The van der Waals surface area contributed by atoms with Crippen LogP contribution in [0.25, 0.3) is 28.0 Å². The molecule has 0 amide bonds. The van der Waals surface area contributed by atoms with E-state index < -0.39 is 11.5 Å². The zero-order valence-corrected chi connectivity index (χ0v) is 19.7. The lowest BCUT2D eigenvalue weighted by Gasteiger charge is -2.17. The standard InChI is InChI=1S/C22H24F2N9P/c1-2-15-20(29-13-5-3-4-6-13)32-17-14(10-27-19(25)18(17)30-15)12-9-28-33(11-12)16-7-8-26-21(31-16)22(23,24)34/h7-11,13H,2-6,34H2,1H3,(H2,25,27)(H,29,32). The molecule has 176 valence electrons. The Morgan fingerprint density at radius 1 is 1.15 bits per heavy atom. The van der Waals surface area contributed by atoms with Crippen molar-refractivity contribution >= 4 is 31.9 Å². The van der Waals surface area contributed by atoms with E-state index in [0.29, 0.717) is 40.4 Å². The van der Waals surface area contributed by atoms with E-state index >= 15 is 0 Å². The van der Waals surface area contributed by atoms with Gasteiger partial charge in [-0.05, 0) is 19.3 Å². The van der Waals surface area contributed by atoms with Crippen molar-refractivity contribution in [3.63, 3.8) is 0 Å². The highest BCUT2D eigenvalue weighted by molar-refractivity contribution is 7.17. The lowest BCUT2D eigenvalue weighted by atomic mass is 10.1. The second-order valence-electron chi connectivity index (χ2n) is 8.29. The maximum atomic E-state index is 13.6. The molecule has 9 nitrogen and oxygen atoms in total. The number of pyridine rings is 1. The van der Waals surface area contributed by atoms with Crippen molar-refractivity contribution in [2.24, 2.45) is 0 Å². The van der Waals surface area contributed by atoms with Gasteiger partial charge in [0.1, 0.15) is 16.9 Å². The van der Waals surface area contributed by atoms with Gasteiger partial charge in [0.15, 0.2) is 11.6 Å². The van der Waals surface area contributed by atoms with Gasteiger partial charge in [-0.2, -0.15) is 13.9 Å². The largest absolute Gasteiger partial charge is 0.382 e. The number of nitrogens with one attached hydrogen (secondary N) is 1. The molecular formula is C22H24F2N9P. The maximum absolute atomic E-state index is 13.6. The van der Waals surface area contributed by atoms with Crippen molar-refractivity contribution in [2.75, 3.05) is 11.1 Å². The fourth-order valence-corrected chi connectivity index (χ4v) is 4.29. The molecular weight excluding hydrogens is 459 g/mol. The molecule has 4 aromatic rings. The first-order valence-corrected chi connectivity index (χ1v) is 11.7. The molecule has 1 unspecified atom stereocenters. The third kappa shape index (κ3) is 4.27. The van der Waals surface area contributed by atoms with Gasteiger partial charge in [0.25, 0.3) is 0 Å². The van der Waals surface area contributed by atoms with E-state index in [-0.39, 0.29) is 5.82 Å². The van der Waals surface area contributed by atoms with Crippen LogP contribution in [0.15, 0.2) is 30.9 Å². The maximum Gasteiger partial charge on any atom is 0.317 e. The highest BCUT2D eigenvalue weighted by Crippen LogP contribution is 2.33. The van der Waals surface area contributed by atoms with Crippen molar-refractivity contribution < 1.29 is 8.78 Å². The zero-order chi connectivity index (χ0) is 23.9. The summed E-state index contributed by atoms with van der Waals surface area (Å²) in [6, 6.07) is 1.89. The molecule has 1 aliphatic carbocycles. The molecule has 0 aliphatic heterocycles. The van der Waals surface area contributed by atoms with E-state index in [0.717, 1.165) is 24.4 Å². The van der Waals surface area contributed by atoms with Gasteiger partial charge in [-0.25, -0.2) is 29.6 Å². The third-order valence-corrected chi connectivity index (χ3v) is 6.15. The number of alkyl halides is 2. The number of hydrogen-bond acceptors (Lipinski definition) is 8. The van der Waals surface area contributed by atoms with Crippen LogP contribution in [-0.4, -0.2) is 40.7 Å². The molecule has 12 heteroatoms. The fraction of sp³-hybridized carbons (Fsp3) is 0.364. The average Bonchev–Trinajstić information content (AvgIpc) is 3.51. The van der Waals surface area contributed by atoms with Gasteiger partial charge in [-0.1, -0.05) is 29.0 Å². The fourth-order valence-electron chi connectivity index (χ4n) is 4.15. The Morgan fingerprint density at radius 3 is 2.68 bits per heavy atom. The van der Waals surface area contributed by atoms with Gasteiger partial charge in [0, 0.05) is 41.8 Å². The van der Waals surface area contributed by atoms with Gasteiger partial charge in [0.05, 0.1) is 11.9 Å². The zero-order valence-electron chi connectivity index (χ0n) is 18.5. The molecule has 34 heavy (non-hydrogen) atoms. The Hall–Kier alpha value is -3.33. The predicted octanol–water partition coefficient (Wildman–Crippen LogP) is 4.09. The van der Waals surface area contributed by atoms with E-state index in [9.17, 15) is 8.78 Å². The number of hydrogen-bond donors (Lipinski definition) is 2. The summed E-state index contributed by atoms with van der Waals surface area (Å²) in [6.45, 7) is 2.03. The third-order valence-electron chi connectivity index (χ3n) is 5.90. The second-order valence-corrected chi connectivity index (χ2v) is 9.01. The smallest absolute Gasteiger partial charge is 0.317 e. The van der Waals surface area contributed by atoms with Crippen LogP contribution in [0.2, 0.25) is 0 Å². The molecule has 4 heterocycles. The number of anilines is 2. The van der Waals surface area contributed by atoms with Crippen LogP contribution in [0, 0.1) is 0 Å². The minimum Gasteiger partial charge on any atom is -0.382 e. The molecule has 1 saturated carbocycles. The molecule has 1 aliphatic rings. The van der Waals surface area contributed by atoms with Crippen LogP contribution in [0.3, 0.4) is 0 Å². The summed E-state index contributed by atoms with van der Waals surface area (Å²) in [4.78, 5) is 21.6. The first kappa shape index (κ1) is 22.5. The molecule has 0 radical (unpaired) electrons. The molecule has 1 atom stereocenters. The first-order valence-electron chi connectivity index (χ1n) is 11.1. The SMILES string of the molecule is CCc1nc2c(N)ncc(-c3cnn(-c4ccnc(C(F)(F)P)n4)c3)c2nc1NC1CCCC1. The lowest BCUT2D eigenvalue weighted by molar-refractivity contribution is 0.0929. The number of halogens is 2. The summed E-state index contributed by atoms with van der Waals surface area (Å²) in [7, 11) is 1.44. The number of nitrogen functional groups attached to an aromatic ring is 1. The molecule has 0 spiro atoms. The van der Waals surface area contributed by atoms with Crippen molar-refractivity contribution in [1.29, 1.82) is 0 Å². The van der Waals surface area contributed by atoms with Crippen LogP contribution < -0.4 is 11.1 Å². The van der Waals surface area contributed by atoms with Gasteiger partial charge in [-0.3, -0.25) is 0 Å². The number of rotatable bonds is 6. The highest BCUT2D eigenvalue weighted by Gasteiger charge is 2.28. The Kier molecular flexibility index (Phi) is 5.81. The second kappa shape index (κ2) is 8.79. The van der Waals surface area contributed by atoms with Crippen LogP contribution >= 0.6 is 9.24 Å². The molecule has 1 fully saturated rings. The average molecular weight is 483 g/mol. The van der Waals surface area contributed by atoms with Gasteiger partial charge >= 0.3 is 5.66 Å². The molecule has 5 rings (SSSR count). The molecule has 3 N–H and O–H groups in total. The summed E-state index contributed by atoms with van der Waals surface area (Å²) < 4.78 is 28.7. The first-order chi connectivity index (χ1) is 16.3. The van der Waals surface area contributed by atoms with E-state index in [4.69, 9.17) is 15.7 Å². The summed E-state index contributed by atoms with van der Waals surface area (Å²) in [6.07, 6.45) is 11.5. The Balaban J connectivity index is 1.58. The van der Waals surface area contributed by atoms with Gasteiger partial charge in [-0.15, -0.1) is 0 Å². The summed E-state index contributed by atoms with van der Waals surface area (Å²) in [5.74, 6) is 0.661. The van der Waals surface area contributed by atoms with Crippen LogP contribution in [-0.2, 0) is 12.1 Å². The van der Waals surface area contributed by atoms with Crippen molar-refractivity contribution in [3.05, 3.63) is 42.4 Å². The van der Waals surface area contributed by atoms with Crippen LogP contribution in [0.5, 0.6) is 0 Å². The molecule has 4 aromatic heterocycles. The van der Waals surface area contributed by atoms with Crippen LogP contribution in [0.4, 0.5) is 20.4 Å². The number of aromatic nitrogens is 7. The Morgan fingerprint density at radius 2 is 1.94 bits per heavy atom. The summed E-state index contributed by atoms with van der Waals surface area (Å²) >= 11 is 0. The Bertz CT molecular complexity index is 1350. The topological polar surface area (TPSA) is 120 Å². The normalized spacial score (nSPS) is 14.7.